The van der Waals surface area contributed by atoms with E-state index < -0.39 is 17.6 Å². The van der Waals surface area contributed by atoms with Gasteiger partial charge in [-0.1, -0.05) is 30.2 Å². The third kappa shape index (κ3) is 3.66. The fourth-order valence-electron chi connectivity index (χ4n) is 2.60. The molecule has 1 aromatic carbocycles. The molecule has 2 aromatic heterocycles. The van der Waals surface area contributed by atoms with Crippen LogP contribution in [0, 0.1) is 0 Å². The molecule has 11 heteroatoms. The molecule has 2 N–H and O–H groups in total. The minimum atomic E-state index is -4.53. The highest BCUT2D eigenvalue weighted by Gasteiger charge is 2.34. The lowest BCUT2D eigenvalue weighted by atomic mass is 10.0. The normalized spacial score (nSPS) is 12.8. The van der Waals surface area contributed by atoms with E-state index >= 15 is 0 Å². The zero-order chi connectivity index (χ0) is 19.6. The molecule has 3 aromatic rings. The molecule has 0 aliphatic heterocycles. The van der Waals surface area contributed by atoms with Crippen molar-refractivity contribution in [3.63, 3.8) is 0 Å². The lowest BCUT2D eigenvalue weighted by Gasteiger charge is -2.24. The number of halogens is 3. The standard InChI is InChI=1S/C16H16F3N7O/c1-3-9(2)26(15-22-24-25-23-15)14(27)13-8-12(20-21-13)10-6-4-5-7-11(10)16(17,18)19/h4-9H,3H2,1-2H3,(H,20,21)(H,22,23,24,25). The first kappa shape index (κ1) is 18.5. The van der Waals surface area contributed by atoms with Crippen LogP contribution in [-0.4, -0.2) is 42.8 Å². The molecule has 0 saturated carbocycles. The van der Waals surface area contributed by atoms with Gasteiger partial charge in [0.15, 0.2) is 5.69 Å². The highest BCUT2D eigenvalue weighted by atomic mass is 19.4. The number of nitrogens with one attached hydrogen (secondary N) is 2. The van der Waals surface area contributed by atoms with E-state index in [9.17, 15) is 18.0 Å². The van der Waals surface area contributed by atoms with Gasteiger partial charge in [0.25, 0.3) is 5.91 Å². The molecule has 0 bridgehead atoms. The Kier molecular flexibility index (Phi) is 4.93. The van der Waals surface area contributed by atoms with Crippen molar-refractivity contribution in [2.45, 2.75) is 32.5 Å². The summed E-state index contributed by atoms with van der Waals surface area (Å²) in [7, 11) is 0. The summed E-state index contributed by atoms with van der Waals surface area (Å²) in [5, 5.41) is 19.6. The lowest BCUT2D eigenvalue weighted by molar-refractivity contribution is -0.137. The van der Waals surface area contributed by atoms with Gasteiger partial charge in [-0.05, 0) is 35.9 Å². The van der Waals surface area contributed by atoms with Crippen molar-refractivity contribution in [3.05, 3.63) is 41.6 Å². The first-order valence-corrected chi connectivity index (χ1v) is 8.12. The van der Waals surface area contributed by atoms with Gasteiger partial charge in [0, 0.05) is 11.6 Å². The van der Waals surface area contributed by atoms with Crippen molar-refractivity contribution < 1.29 is 18.0 Å². The van der Waals surface area contributed by atoms with E-state index in [2.05, 4.69) is 30.8 Å². The van der Waals surface area contributed by atoms with Crippen molar-refractivity contribution in [1.29, 1.82) is 0 Å². The topological polar surface area (TPSA) is 103 Å². The molecule has 0 aliphatic rings. The number of nitrogens with zero attached hydrogens (tertiary/aromatic N) is 5. The second-order valence-corrected chi connectivity index (χ2v) is 5.87. The Hall–Kier alpha value is -3.24. The van der Waals surface area contributed by atoms with Crippen LogP contribution in [0.1, 0.15) is 36.3 Å². The Balaban J connectivity index is 1.97. The van der Waals surface area contributed by atoms with E-state index in [0.717, 1.165) is 6.07 Å². The summed E-state index contributed by atoms with van der Waals surface area (Å²) in [6.07, 6.45) is -3.92. The molecule has 0 saturated heterocycles. The van der Waals surface area contributed by atoms with Crippen LogP contribution in [0.4, 0.5) is 19.1 Å². The summed E-state index contributed by atoms with van der Waals surface area (Å²) >= 11 is 0. The van der Waals surface area contributed by atoms with Gasteiger partial charge in [0.2, 0.25) is 5.95 Å². The van der Waals surface area contributed by atoms with E-state index in [-0.39, 0.29) is 28.9 Å². The number of hydrogen-bond donors (Lipinski definition) is 2. The third-order valence-electron chi connectivity index (χ3n) is 4.13. The van der Waals surface area contributed by atoms with E-state index in [4.69, 9.17) is 0 Å². The van der Waals surface area contributed by atoms with Gasteiger partial charge in [-0.2, -0.15) is 18.3 Å². The molecule has 3 rings (SSSR count). The Morgan fingerprint density at radius 2 is 2.00 bits per heavy atom. The number of benzene rings is 1. The van der Waals surface area contributed by atoms with E-state index in [0.29, 0.717) is 6.42 Å². The van der Waals surface area contributed by atoms with E-state index in [1.54, 1.807) is 6.92 Å². The number of alkyl halides is 3. The third-order valence-corrected chi connectivity index (χ3v) is 4.13. The quantitative estimate of drug-likeness (QED) is 0.709. The van der Waals surface area contributed by atoms with Crippen LogP contribution in [-0.2, 0) is 6.18 Å². The molecule has 8 nitrogen and oxygen atoms in total. The van der Waals surface area contributed by atoms with Crippen molar-refractivity contribution in [2.24, 2.45) is 0 Å². The second kappa shape index (κ2) is 7.17. The summed E-state index contributed by atoms with van der Waals surface area (Å²) < 4.78 is 39.7. The summed E-state index contributed by atoms with van der Waals surface area (Å²) in [6, 6.07) is 6.11. The van der Waals surface area contributed by atoms with Crippen molar-refractivity contribution >= 4 is 11.9 Å². The number of H-pyrrole nitrogens is 2. The summed E-state index contributed by atoms with van der Waals surface area (Å²) in [5.41, 5.74) is -0.858. The largest absolute Gasteiger partial charge is 0.417 e. The van der Waals surface area contributed by atoms with Crippen LogP contribution in [0.15, 0.2) is 30.3 Å². The number of anilines is 1. The number of carbonyl (C=O) groups is 1. The van der Waals surface area contributed by atoms with Gasteiger partial charge < -0.3 is 0 Å². The average molecular weight is 379 g/mol. The minimum absolute atomic E-state index is 0.0429. The fraction of sp³-hybridized carbons (Fsp3) is 0.312. The monoisotopic (exact) mass is 379 g/mol. The average Bonchev–Trinajstić information content (AvgIpc) is 3.33. The van der Waals surface area contributed by atoms with Gasteiger partial charge in [0.05, 0.1) is 11.3 Å². The molecule has 1 amide bonds. The first-order chi connectivity index (χ1) is 12.8. The van der Waals surface area contributed by atoms with Crippen molar-refractivity contribution in [1.82, 2.24) is 30.8 Å². The van der Waals surface area contributed by atoms with E-state index in [1.807, 2.05) is 6.92 Å². The minimum Gasteiger partial charge on any atom is -0.277 e. The van der Waals surface area contributed by atoms with Crippen LogP contribution >= 0.6 is 0 Å². The zero-order valence-corrected chi connectivity index (χ0v) is 14.4. The first-order valence-electron chi connectivity index (χ1n) is 8.12. The number of aromatic nitrogens is 6. The predicted octanol–water partition coefficient (Wildman–Crippen LogP) is 3.05. The van der Waals surface area contributed by atoms with E-state index in [1.165, 1.54) is 29.2 Å². The summed E-state index contributed by atoms with van der Waals surface area (Å²) in [6.45, 7) is 3.68. The maximum absolute atomic E-state index is 13.2. The van der Waals surface area contributed by atoms with Gasteiger partial charge >= 0.3 is 6.18 Å². The van der Waals surface area contributed by atoms with Crippen LogP contribution in [0.5, 0.6) is 0 Å². The van der Waals surface area contributed by atoms with Gasteiger partial charge in [0.1, 0.15) is 0 Å². The molecule has 2 heterocycles. The Labute approximate surface area is 151 Å². The fourth-order valence-corrected chi connectivity index (χ4v) is 2.60. The molecule has 1 atom stereocenters. The molecular weight excluding hydrogens is 363 g/mol. The maximum atomic E-state index is 13.2. The van der Waals surface area contributed by atoms with Crippen LogP contribution in [0.25, 0.3) is 11.3 Å². The number of aromatic amines is 2. The lowest BCUT2D eigenvalue weighted by Crippen LogP contribution is -2.39. The Bertz CT molecular complexity index is 920. The predicted molar refractivity (Wildman–Crippen MR) is 89.8 cm³/mol. The molecular formula is C16H16F3N7O. The van der Waals surface area contributed by atoms with Crippen LogP contribution in [0.2, 0.25) is 0 Å². The molecule has 0 aliphatic carbocycles. The van der Waals surface area contributed by atoms with Gasteiger partial charge in [-0.15, -0.1) is 0 Å². The number of rotatable bonds is 5. The zero-order valence-electron chi connectivity index (χ0n) is 14.4. The SMILES string of the molecule is CCC(C)N(C(=O)c1cc(-c2ccccc2C(F)(F)F)[nH]n1)c1nnn[nH]1. The Morgan fingerprint density at radius 3 is 2.63 bits per heavy atom. The highest BCUT2D eigenvalue weighted by Crippen LogP contribution is 2.36. The molecule has 142 valence electrons. The van der Waals surface area contributed by atoms with Crippen LogP contribution < -0.4 is 4.90 Å². The molecule has 27 heavy (non-hydrogen) atoms. The second-order valence-electron chi connectivity index (χ2n) is 5.87. The van der Waals surface area contributed by atoms with Gasteiger partial charge in [-0.25, -0.2) is 5.10 Å². The smallest absolute Gasteiger partial charge is 0.277 e. The van der Waals surface area contributed by atoms with Crippen molar-refractivity contribution in [3.8, 4) is 11.3 Å². The molecule has 0 spiro atoms. The van der Waals surface area contributed by atoms with Crippen LogP contribution in [0.3, 0.4) is 0 Å². The van der Waals surface area contributed by atoms with Gasteiger partial charge in [-0.3, -0.25) is 14.8 Å². The summed E-state index contributed by atoms with van der Waals surface area (Å²) in [4.78, 5) is 14.2. The molecule has 0 fully saturated rings. The highest BCUT2D eigenvalue weighted by molar-refractivity contribution is 6.04. The maximum Gasteiger partial charge on any atom is 0.417 e. The molecule has 0 radical (unpaired) electrons. The number of carbonyl (C=O) groups excluding carboxylic acids is 1. The Morgan fingerprint density at radius 1 is 1.26 bits per heavy atom. The van der Waals surface area contributed by atoms with Crippen molar-refractivity contribution in [2.75, 3.05) is 4.90 Å². The number of tetrazole rings is 1. The number of amides is 1. The molecule has 1 unspecified atom stereocenters. The summed E-state index contributed by atoms with van der Waals surface area (Å²) in [5.74, 6) is -0.399. The number of hydrogen-bond acceptors (Lipinski definition) is 5.